The molecule has 2 amide bonds. The summed E-state index contributed by atoms with van der Waals surface area (Å²) in [5.41, 5.74) is 3.67. The summed E-state index contributed by atoms with van der Waals surface area (Å²) in [7, 11) is 0. The van der Waals surface area contributed by atoms with Crippen LogP contribution in [0.2, 0.25) is 0 Å². The number of urea groups is 1. The highest BCUT2D eigenvalue weighted by Crippen LogP contribution is 2.39. The van der Waals surface area contributed by atoms with E-state index in [0.717, 1.165) is 12.4 Å². The molecule has 4 N–H and O–H groups in total. The predicted octanol–water partition coefficient (Wildman–Crippen LogP) is 3.38. The van der Waals surface area contributed by atoms with E-state index in [0.29, 0.717) is 12.1 Å². The molecule has 0 bridgehead atoms. The van der Waals surface area contributed by atoms with Crippen LogP contribution in [0.5, 0.6) is 0 Å². The lowest BCUT2D eigenvalue weighted by Crippen LogP contribution is -2.40. The number of nitriles is 1. The van der Waals surface area contributed by atoms with Crippen LogP contribution in [0.3, 0.4) is 0 Å². The molecule has 0 aliphatic rings. The topological polar surface area (TPSA) is 130 Å². The molecule has 2 heterocycles. The number of halogens is 5. The Kier molecular flexibility index (Phi) is 4.93. The number of nitrogens with one attached hydrogen (secondary N) is 2. The van der Waals surface area contributed by atoms with Crippen molar-refractivity contribution in [2.24, 2.45) is 0 Å². The number of alkyl halides is 3. The molecule has 13 heteroatoms. The second-order valence-electron chi connectivity index (χ2n) is 5.62. The summed E-state index contributed by atoms with van der Waals surface area (Å²) in [6, 6.07) is -1.71. The van der Waals surface area contributed by atoms with Crippen molar-refractivity contribution in [2.45, 2.75) is 12.2 Å². The van der Waals surface area contributed by atoms with Crippen LogP contribution in [-0.4, -0.2) is 22.2 Å². The third kappa shape index (κ3) is 4.00. The van der Waals surface area contributed by atoms with E-state index in [4.69, 9.17) is 10.2 Å². The first kappa shape index (κ1) is 19.8. The van der Waals surface area contributed by atoms with Gasteiger partial charge in [-0.05, 0) is 6.07 Å². The van der Waals surface area contributed by atoms with Crippen LogP contribution in [-0.2, 0) is 0 Å². The van der Waals surface area contributed by atoms with Gasteiger partial charge in [-0.15, -0.1) is 0 Å². The van der Waals surface area contributed by atoms with Crippen molar-refractivity contribution in [3.63, 3.8) is 0 Å². The zero-order chi connectivity index (χ0) is 21.3. The predicted molar refractivity (Wildman–Crippen MR) is 88.2 cm³/mol. The maximum absolute atomic E-state index is 13.9. The number of nitrogens with zero attached hydrogens (tertiary/aromatic N) is 3. The fourth-order valence-electron chi connectivity index (χ4n) is 2.46. The van der Waals surface area contributed by atoms with Gasteiger partial charge in [0, 0.05) is 11.5 Å². The Morgan fingerprint density at radius 3 is 2.48 bits per heavy atom. The quantitative estimate of drug-likeness (QED) is 0.566. The molecule has 1 aromatic carbocycles. The van der Waals surface area contributed by atoms with Gasteiger partial charge in [0.2, 0.25) is 5.95 Å². The Hall–Kier alpha value is -3.95. The second kappa shape index (κ2) is 7.23. The molecule has 3 aromatic rings. The van der Waals surface area contributed by atoms with E-state index in [1.54, 1.807) is 5.32 Å². The van der Waals surface area contributed by atoms with Gasteiger partial charge in [-0.25, -0.2) is 23.5 Å². The molecular weight excluding hydrogens is 403 g/mol. The third-order valence-corrected chi connectivity index (χ3v) is 3.64. The Morgan fingerprint density at radius 1 is 1.24 bits per heavy atom. The van der Waals surface area contributed by atoms with E-state index in [1.807, 2.05) is 5.32 Å². The number of carbonyl (C=O) groups excluding carboxylic acids is 1. The van der Waals surface area contributed by atoms with Crippen molar-refractivity contribution in [2.75, 3.05) is 11.1 Å². The molecule has 2 aromatic heterocycles. The molecule has 0 aliphatic carbocycles. The van der Waals surface area contributed by atoms with Crippen LogP contribution >= 0.6 is 0 Å². The maximum Gasteiger partial charge on any atom is 0.416 e. The number of nitrogen functional groups attached to an aromatic ring is 1. The largest absolute Gasteiger partial charge is 0.454 e. The highest BCUT2D eigenvalue weighted by atomic mass is 19.4. The number of furan rings is 1. The summed E-state index contributed by atoms with van der Waals surface area (Å²) in [6.07, 6.45) is -3.04. The highest BCUT2D eigenvalue weighted by Gasteiger charge is 2.46. The van der Waals surface area contributed by atoms with Gasteiger partial charge in [0.15, 0.2) is 23.2 Å². The molecule has 150 valence electrons. The lowest BCUT2D eigenvalue weighted by molar-refractivity contribution is -0.158. The van der Waals surface area contributed by atoms with E-state index >= 15 is 0 Å². The van der Waals surface area contributed by atoms with Gasteiger partial charge in [0.1, 0.15) is 17.4 Å². The fourth-order valence-corrected chi connectivity index (χ4v) is 2.46. The first-order valence-electron chi connectivity index (χ1n) is 7.63. The number of benzene rings is 1. The number of carbonyl (C=O) groups is 1. The number of hydrogen-bond acceptors (Lipinski definition) is 6. The van der Waals surface area contributed by atoms with Crippen molar-refractivity contribution in [1.82, 2.24) is 15.3 Å². The summed E-state index contributed by atoms with van der Waals surface area (Å²) in [6.45, 7) is 0. The minimum Gasteiger partial charge on any atom is -0.454 e. The Morgan fingerprint density at radius 2 is 1.90 bits per heavy atom. The average Bonchev–Trinajstić information content (AvgIpc) is 2.99. The van der Waals surface area contributed by atoms with Crippen molar-refractivity contribution in [1.29, 1.82) is 5.26 Å². The zero-order valence-electron chi connectivity index (χ0n) is 14.0. The smallest absolute Gasteiger partial charge is 0.416 e. The Balaban J connectivity index is 1.99. The molecule has 29 heavy (non-hydrogen) atoms. The first-order chi connectivity index (χ1) is 13.6. The molecule has 0 radical (unpaired) electrons. The van der Waals surface area contributed by atoms with E-state index < -0.39 is 52.2 Å². The van der Waals surface area contributed by atoms with Gasteiger partial charge in [0.05, 0.1) is 18.1 Å². The zero-order valence-corrected chi connectivity index (χ0v) is 14.0. The van der Waals surface area contributed by atoms with E-state index in [9.17, 15) is 32.0 Å². The van der Waals surface area contributed by atoms with Crippen molar-refractivity contribution >= 4 is 28.6 Å². The van der Waals surface area contributed by atoms with Crippen LogP contribution in [0.1, 0.15) is 17.4 Å². The van der Waals surface area contributed by atoms with Gasteiger partial charge >= 0.3 is 12.2 Å². The summed E-state index contributed by atoms with van der Waals surface area (Å²) in [5, 5.41) is 12.3. The molecule has 8 nitrogen and oxygen atoms in total. The molecule has 1 atom stereocenters. The Bertz CT molecular complexity index is 1120. The number of nitrogens with two attached hydrogens (primary N) is 1. The second-order valence-corrected chi connectivity index (χ2v) is 5.62. The van der Waals surface area contributed by atoms with Crippen LogP contribution < -0.4 is 16.4 Å². The minimum absolute atomic E-state index is 0.0733. The molecule has 0 aliphatic heterocycles. The van der Waals surface area contributed by atoms with Gasteiger partial charge in [0.25, 0.3) is 0 Å². The average molecular weight is 412 g/mol. The van der Waals surface area contributed by atoms with Crippen molar-refractivity contribution < 1.29 is 31.2 Å². The van der Waals surface area contributed by atoms with Crippen LogP contribution in [0, 0.1) is 23.0 Å². The number of anilines is 2. The lowest BCUT2D eigenvalue weighted by Gasteiger charge is -2.20. The first-order valence-corrected chi connectivity index (χ1v) is 7.63. The normalized spacial score (nSPS) is 12.4. The Labute approximate surface area is 158 Å². The monoisotopic (exact) mass is 412 g/mol. The van der Waals surface area contributed by atoms with Crippen LogP contribution in [0.25, 0.3) is 11.0 Å². The molecule has 0 fully saturated rings. The van der Waals surface area contributed by atoms with Crippen molar-refractivity contribution in [3.8, 4) is 6.07 Å². The number of fused-ring (bicyclic) bond motifs is 1. The molecular formula is C16H9F5N6O2. The molecule has 0 unspecified atom stereocenters. The van der Waals surface area contributed by atoms with E-state index in [1.165, 1.54) is 6.07 Å². The van der Waals surface area contributed by atoms with Gasteiger partial charge in [-0.3, -0.25) is 0 Å². The summed E-state index contributed by atoms with van der Waals surface area (Å²) in [4.78, 5) is 19.1. The van der Waals surface area contributed by atoms with E-state index in [-0.39, 0.29) is 11.6 Å². The number of rotatable bonds is 3. The minimum atomic E-state index is -5.14. The third-order valence-electron chi connectivity index (χ3n) is 3.64. The number of hydrogen-bond donors (Lipinski definition) is 3. The number of aromatic nitrogens is 2. The summed E-state index contributed by atoms with van der Waals surface area (Å²) < 4.78 is 72.8. The van der Waals surface area contributed by atoms with Crippen molar-refractivity contribution in [3.05, 3.63) is 47.5 Å². The molecule has 0 saturated heterocycles. The summed E-state index contributed by atoms with van der Waals surface area (Å²) in [5.74, 6) is -3.63. The number of amides is 2. The summed E-state index contributed by atoms with van der Waals surface area (Å²) >= 11 is 0. The molecule has 0 saturated carbocycles. The lowest BCUT2D eigenvalue weighted by atomic mass is 10.1. The molecule has 3 rings (SSSR count). The SMILES string of the molecule is N#Cc1c([C@@H](NC(=O)Nc2cnc(N)nc2)C(F)(F)F)oc2c(F)cc(F)cc12. The molecule has 0 spiro atoms. The standard InChI is InChI=1S/C16H9F5N6O2/c17-6-1-8-9(3-22)12(29-11(8)10(18)2-6)13(16(19,20)21)27-15(28)26-7-4-24-14(23)25-5-7/h1-2,4-5,13H,(H2,23,24,25)(H2,26,27,28)/t13-/m1/s1. The maximum atomic E-state index is 13.9. The highest BCUT2D eigenvalue weighted by molar-refractivity contribution is 5.90. The fraction of sp³-hybridized carbons (Fsp3) is 0.125. The van der Waals surface area contributed by atoms with Gasteiger partial charge in [-0.2, -0.15) is 18.4 Å². The van der Waals surface area contributed by atoms with Crippen LogP contribution in [0.4, 0.5) is 38.4 Å². The van der Waals surface area contributed by atoms with E-state index in [2.05, 4.69) is 9.97 Å². The van der Waals surface area contributed by atoms with Gasteiger partial charge in [-0.1, -0.05) is 0 Å². The van der Waals surface area contributed by atoms with Gasteiger partial charge < -0.3 is 20.8 Å². The van der Waals surface area contributed by atoms with Crippen LogP contribution in [0.15, 0.2) is 28.9 Å².